The Bertz CT molecular complexity index is 1460. The molecular formula is C31H30FNO5. The molecule has 0 N–H and O–H groups in total. The monoisotopic (exact) mass is 515 g/mol. The van der Waals surface area contributed by atoms with Crippen molar-refractivity contribution in [2.24, 2.45) is 5.41 Å². The van der Waals surface area contributed by atoms with Crippen LogP contribution >= 0.6 is 0 Å². The van der Waals surface area contributed by atoms with Crippen LogP contribution in [0.25, 0.3) is 10.9 Å². The number of pyridine rings is 1. The largest absolute Gasteiger partial charge is 0.493 e. The minimum absolute atomic E-state index is 0. The van der Waals surface area contributed by atoms with E-state index in [9.17, 15) is 14.0 Å². The van der Waals surface area contributed by atoms with Crippen molar-refractivity contribution < 1.29 is 28.2 Å². The molecule has 0 unspecified atom stereocenters. The lowest BCUT2D eigenvalue weighted by atomic mass is 9.88. The Balaban J connectivity index is 0.00000336. The summed E-state index contributed by atoms with van der Waals surface area (Å²) in [6, 6.07) is 18.5. The molecule has 4 aromatic rings. The number of hydrogen-bond acceptors (Lipinski definition) is 6. The van der Waals surface area contributed by atoms with E-state index in [1.807, 2.05) is 18.2 Å². The SMILES string of the molecule is C.COc1cc2nccc(Oc3ccc(CC(=O)C4(C(=O)Cc5ccc(F)cc5)CC4)cc3)c2cc1OC. The fraction of sp³-hybridized carbons (Fsp3) is 0.258. The summed E-state index contributed by atoms with van der Waals surface area (Å²) < 4.78 is 30.0. The topological polar surface area (TPSA) is 74.7 Å². The molecule has 6 nitrogen and oxygen atoms in total. The number of ether oxygens (including phenoxy) is 3. The second kappa shape index (κ2) is 11.0. The number of hydrogen-bond donors (Lipinski definition) is 0. The molecule has 1 aliphatic carbocycles. The molecule has 1 saturated carbocycles. The number of nitrogens with zero attached hydrogens (tertiary/aromatic N) is 1. The van der Waals surface area contributed by atoms with E-state index in [1.54, 1.807) is 56.8 Å². The highest BCUT2D eigenvalue weighted by Gasteiger charge is 2.54. The minimum Gasteiger partial charge on any atom is -0.493 e. The van der Waals surface area contributed by atoms with Crippen molar-refractivity contribution in [3.8, 4) is 23.0 Å². The first-order valence-electron chi connectivity index (χ1n) is 12.0. The van der Waals surface area contributed by atoms with Crippen LogP contribution in [0.4, 0.5) is 4.39 Å². The molecule has 7 heteroatoms. The Labute approximate surface area is 221 Å². The Morgan fingerprint density at radius 3 is 1.92 bits per heavy atom. The molecule has 1 fully saturated rings. The molecule has 196 valence electrons. The lowest BCUT2D eigenvalue weighted by Gasteiger charge is -2.14. The smallest absolute Gasteiger partial charge is 0.162 e. The highest BCUT2D eigenvalue weighted by atomic mass is 19.1. The molecule has 1 heterocycles. The van der Waals surface area contributed by atoms with Crippen LogP contribution in [0.2, 0.25) is 0 Å². The Morgan fingerprint density at radius 2 is 1.37 bits per heavy atom. The number of carbonyl (C=O) groups is 2. The van der Waals surface area contributed by atoms with E-state index in [1.165, 1.54) is 12.1 Å². The molecule has 38 heavy (non-hydrogen) atoms. The van der Waals surface area contributed by atoms with Crippen molar-refractivity contribution in [2.45, 2.75) is 33.1 Å². The number of Topliss-reactive ketones (excluding diaryl/α,β-unsaturated/α-hetero) is 2. The minimum atomic E-state index is -0.917. The maximum absolute atomic E-state index is 13.2. The van der Waals surface area contributed by atoms with Gasteiger partial charge in [-0.05, 0) is 60.4 Å². The Morgan fingerprint density at radius 1 is 0.816 bits per heavy atom. The van der Waals surface area contributed by atoms with Crippen LogP contribution in [0.3, 0.4) is 0 Å². The molecule has 0 bridgehead atoms. The summed E-state index contributed by atoms with van der Waals surface area (Å²) in [6.45, 7) is 0. The normalized spacial score (nSPS) is 13.3. The van der Waals surface area contributed by atoms with Crippen LogP contribution in [0.15, 0.2) is 72.9 Å². The van der Waals surface area contributed by atoms with Crippen molar-refractivity contribution in [2.75, 3.05) is 14.2 Å². The molecule has 0 saturated heterocycles. The van der Waals surface area contributed by atoms with Crippen LogP contribution in [0, 0.1) is 11.2 Å². The zero-order valence-electron chi connectivity index (χ0n) is 20.6. The highest BCUT2D eigenvalue weighted by molar-refractivity contribution is 6.10. The highest BCUT2D eigenvalue weighted by Crippen LogP contribution is 2.49. The first-order chi connectivity index (χ1) is 17.9. The van der Waals surface area contributed by atoms with Crippen LogP contribution in [0.1, 0.15) is 31.4 Å². The van der Waals surface area contributed by atoms with Gasteiger partial charge in [-0.2, -0.15) is 0 Å². The molecule has 5 rings (SSSR count). The lowest BCUT2D eigenvalue weighted by molar-refractivity contribution is -0.133. The van der Waals surface area contributed by atoms with Crippen molar-refractivity contribution >= 4 is 22.5 Å². The van der Waals surface area contributed by atoms with E-state index >= 15 is 0 Å². The number of halogens is 1. The molecule has 0 amide bonds. The average molecular weight is 516 g/mol. The third kappa shape index (κ3) is 5.37. The predicted molar refractivity (Wildman–Crippen MR) is 144 cm³/mol. The molecule has 3 aromatic carbocycles. The summed E-state index contributed by atoms with van der Waals surface area (Å²) in [6.07, 6.45) is 3.10. The quantitative estimate of drug-likeness (QED) is 0.224. The second-order valence-corrected chi connectivity index (χ2v) is 9.19. The summed E-state index contributed by atoms with van der Waals surface area (Å²) in [5.41, 5.74) is 1.31. The second-order valence-electron chi connectivity index (χ2n) is 9.19. The van der Waals surface area contributed by atoms with Gasteiger partial charge in [0.05, 0.1) is 25.2 Å². The number of ketones is 2. The van der Waals surface area contributed by atoms with Crippen molar-refractivity contribution in [3.05, 3.63) is 89.9 Å². The van der Waals surface area contributed by atoms with Crippen LogP contribution in [0.5, 0.6) is 23.0 Å². The maximum Gasteiger partial charge on any atom is 0.162 e. The van der Waals surface area contributed by atoms with Crippen molar-refractivity contribution in [1.82, 2.24) is 4.98 Å². The number of aromatic nitrogens is 1. The Kier molecular flexibility index (Phi) is 7.76. The Hall–Kier alpha value is -4.26. The zero-order valence-corrected chi connectivity index (χ0v) is 20.6. The first kappa shape index (κ1) is 26.8. The maximum atomic E-state index is 13.2. The summed E-state index contributed by atoms with van der Waals surface area (Å²) in [5, 5.41) is 0.773. The summed E-state index contributed by atoms with van der Waals surface area (Å²) in [5.74, 6) is 1.85. The van der Waals surface area contributed by atoms with Gasteiger partial charge in [0.1, 0.15) is 17.3 Å². The van der Waals surface area contributed by atoms with Gasteiger partial charge in [-0.1, -0.05) is 31.7 Å². The van der Waals surface area contributed by atoms with E-state index in [0.29, 0.717) is 46.9 Å². The molecule has 0 radical (unpaired) electrons. The van der Waals surface area contributed by atoms with Crippen molar-refractivity contribution in [1.29, 1.82) is 0 Å². The van der Waals surface area contributed by atoms with Gasteiger partial charge in [0.15, 0.2) is 23.1 Å². The van der Waals surface area contributed by atoms with Crippen molar-refractivity contribution in [3.63, 3.8) is 0 Å². The van der Waals surface area contributed by atoms with Gasteiger partial charge in [-0.15, -0.1) is 0 Å². The third-order valence-corrected chi connectivity index (χ3v) is 6.82. The number of methoxy groups -OCH3 is 2. The van der Waals surface area contributed by atoms with E-state index in [2.05, 4.69) is 4.98 Å². The summed E-state index contributed by atoms with van der Waals surface area (Å²) in [7, 11) is 3.14. The van der Waals surface area contributed by atoms with E-state index < -0.39 is 5.41 Å². The molecular weight excluding hydrogens is 485 g/mol. The first-order valence-corrected chi connectivity index (χ1v) is 12.0. The molecule has 0 atom stereocenters. The number of rotatable bonds is 10. The average Bonchev–Trinajstić information content (AvgIpc) is 3.73. The number of carbonyl (C=O) groups excluding carboxylic acids is 2. The molecule has 1 aliphatic rings. The van der Waals surface area contributed by atoms with Gasteiger partial charge in [-0.3, -0.25) is 14.6 Å². The summed E-state index contributed by atoms with van der Waals surface area (Å²) in [4.78, 5) is 30.4. The van der Waals surface area contributed by atoms with E-state index in [0.717, 1.165) is 10.9 Å². The molecule has 0 spiro atoms. The zero-order chi connectivity index (χ0) is 26.0. The number of fused-ring (bicyclic) bond motifs is 1. The van der Waals surface area contributed by atoms with Gasteiger partial charge in [0, 0.05) is 30.5 Å². The van der Waals surface area contributed by atoms with Gasteiger partial charge in [0.2, 0.25) is 0 Å². The van der Waals surface area contributed by atoms with Crippen LogP contribution in [-0.2, 0) is 22.4 Å². The summed E-state index contributed by atoms with van der Waals surface area (Å²) >= 11 is 0. The van der Waals surface area contributed by atoms with Crippen LogP contribution in [-0.4, -0.2) is 30.8 Å². The van der Waals surface area contributed by atoms with Gasteiger partial charge >= 0.3 is 0 Å². The third-order valence-electron chi connectivity index (χ3n) is 6.82. The molecule has 1 aromatic heterocycles. The van der Waals surface area contributed by atoms with E-state index in [4.69, 9.17) is 14.2 Å². The fourth-order valence-electron chi connectivity index (χ4n) is 4.49. The van der Waals surface area contributed by atoms with Gasteiger partial charge in [0.25, 0.3) is 0 Å². The van der Waals surface area contributed by atoms with Gasteiger partial charge < -0.3 is 14.2 Å². The number of benzene rings is 3. The standard InChI is InChI=1S/C30H26FNO5.CH4/c1-35-26-17-23-24(18-27(26)36-2)32-14-11-25(23)37-22-9-5-20(6-10-22)16-29(34)30(12-13-30)28(33)15-19-3-7-21(31)8-4-19;/h3-11,14,17-18H,12-13,15-16H2,1-2H3;1H4. The van der Waals surface area contributed by atoms with Crippen LogP contribution < -0.4 is 14.2 Å². The van der Waals surface area contributed by atoms with E-state index in [-0.39, 0.29) is 37.7 Å². The lowest BCUT2D eigenvalue weighted by Crippen LogP contribution is -2.28. The fourth-order valence-corrected chi connectivity index (χ4v) is 4.49. The molecule has 0 aliphatic heterocycles. The predicted octanol–water partition coefficient (Wildman–Crippen LogP) is 6.52. The van der Waals surface area contributed by atoms with Gasteiger partial charge in [-0.25, -0.2) is 4.39 Å².